The Morgan fingerprint density at radius 2 is 1.80 bits per heavy atom. The van der Waals surface area contributed by atoms with E-state index in [-0.39, 0.29) is 6.61 Å². The molecule has 0 aliphatic rings. The van der Waals surface area contributed by atoms with E-state index in [2.05, 4.69) is 39.5 Å². The lowest BCUT2D eigenvalue weighted by atomic mass is 10.0. The Labute approximate surface area is 128 Å². The molecule has 0 amide bonds. The molecule has 3 nitrogen and oxygen atoms in total. The first-order chi connectivity index (χ1) is 9.60. The van der Waals surface area contributed by atoms with Crippen LogP contribution >= 0.6 is 11.3 Å². The molecule has 0 saturated heterocycles. The first kappa shape index (κ1) is 17.4. The molecule has 1 heterocycles. The standard InChI is InChI=1S/C16H30N2OS/c1-6-12(5)15-14(11-19)20-16(17-15)18(9-4)10-13(7-2)8-3/h12-13,19H,6-11H2,1-5H3. The van der Waals surface area contributed by atoms with Crippen LogP contribution in [0.3, 0.4) is 0 Å². The molecule has 1 rings (SSSR count). The quantitative estimate of drug-likeness (QED) is 0.733. The Morgan fingerprint density at radius 3 is 2.25 bits per heavy atom. The van der Waals surface area contributed by atoms with Gasteiger partial charge in [0.25, 0.3) is 0 Å². The zero-order valence-electron chi connectivity index (χ0n) is 13.6. The van der Waals surface area contributed by atoms with E-state index < -0.39 is 0 Å². The van der Waals surface area contributed by atoms with E-state index in [1.807, 2.05) is 0 Å². The van der Waals surface area contributed by atoms with Crippen LogP contribution in [0.1, 0.15) is 70.4 Å². The molecule has 0 saturated carbocycles. The highest BCUT2D eigenvalue weighted by atomic mass is 32.1. The van der Waals surface area contributed by atoms with Gasteiger partial charge in [0.2, 0.25) is 0 Å². The molecule has 1 N–H and O–H groups in total. The van der Waals surface area contributed by atoms with Gasteiger partial charge in [-0.2, -0.15) is 0 Å². The molecule has 0 fully saturated rings. The molecule has 1 aromatic rings. The smallest absolute Gasteiger partial charge is 0.185 e. The summed E-state index contributed by atoms with van der Waals surface area (Å²) in [6, 6.07) is 0. The molecule has 0 radical (unpaired) electrons. The van der Waals surface area contributed by atoms with Crippen LogP contribution in [0.5, 0.6) is 0 Å². The molecular weight excluding hydrogens is 268 g/mol. The number of aliphatic hydroxyl groups excluding tert-OH is 1. The molecule has 20 heavy (non-hydrogen) atoms. The molecule has 4 heteroatoms. The fourth-order valence-corrected chi connectivity index (χ4v) is 3.49. The minimum Gasteiger partial charge on any atom is -0.391 e. The van der Waals surface area contributed by atoms with Gasteiger partial charge in [0.1, 0.15) is 0 Å². The van der Waals surface area contributed by atoms with Crippen molar-refractivity contribution in [2.24, 2.45) is 5.92 Å². The number of hydrogen-bond donors (Lipinski definition) is 1. The topological polar surface area (TPSA) is 36.4 Å². The van der Waals surface area contributed by atoms with Crippen LogP contribution < -0.4 is 4.90 Å². The number of anilines is 1. The van der Waals surface area contributed by atoms with Crippen molar-refractivity contribution in [2.75, 3.05) is 18.0 Å². The highest BCUT2D eigenvalue weighted by Crippen LogP contribution is 2.32. The number of thiazole rings is 1. The van der Waals surface area contributed by atoms with Gasteiger partial charge in [-0.05, 0) is 25.2 Å². The minimum atomic E-state index is 0.111. The SMILES string of the molecule is CCC(CC)CN(CC)c1nc(C(C)CC)c(CO)s1. The summed E-state index contributed by atoms with van der Waals surface area (Å²) < 4.78 is 0. The van der Waals surface area contributed by atoms with Gasteiger partial charge in [0, 0.05) is 13.1 Å². The Balaban J connectivity index is 2.95. The molecule has 0 aliphatic heterocycles. The maximum atomic E-state index is 9.56. The number of aromatic nitrogens is 1. The van der Waals surface area contributed by atoms with Crippen molar-refractivity contribution in [3.63, 3.8) is 0 Å². The van der Waals surface area contributed by atoms with Crippen LogP contribution in [0.15, 0.2) is 0 Å². The van der Waals surface area contributed by atoms with E-state index in [1.165, 1.54) is 12.8 Å². The predicted molar refractivity (Wildman–Crippen MR) is 88.7 cm³/mol. The van der Waals surface area contributed by atoms with E-state index >= 15 is 0 Å². The monoisotopic (exact) mass is 298 g/mol. The average Bonchev–Trinajstić information content (AvgIpc) is 2.91. The normalized spacial score (nSPS) is 12.9. The Hall–Kier alpha value is -0.610. The van der Waals surface area contributed by atoms with E-state index in [9.17, 15) is 5.11 Å². The summed E-state index contributed by atoms with van der Waals surface area (Å²) in [6.07, 6.45) is 3.49. The van der Waals surface area contributed by atoms with Gasteiger partial charge >= 0.3 is 0 Å². The number of rotatable bonds is 9. The minimum absolute atomic E-state index is 0.111. The molecule has 0 bridgehead atoms. The van der Waals surface area contributed by atoms with Gasteiger partial charge in [-0.1, -0.05) is 51.9 Å². The Kier molecular flexibility index (Phi) is 7.52. The van der Waals surface area contributed by atoms with Crippen molar-refractivity contribution < 1.29 is 5.11 Å². The second kappa shape index (κ2) is 8.63. The van der Waals surface area contributed by atoms with E-state index in [0.717, 1.165) is 41.1 Å². The van der Waals surface area contributed by atoms with Gasteiger partial charge in [-0.3, -0.25) is 0 Å². The van der Waals surface area contributed by atoms with Crippen LogP contribution in [0.25, 0.3) is 0 Å². The van der Waals surface area contributed by atoms with Crippen LogP contribution in [0.2, 0.25) is 0 Å². The third-order valence-corrected chi connectivity index (χ3v) is 5.34. The summed E-state index contributed by atoms with van der Waals surface area (Å²) in [5.41, 5.74) is 1.10. The van der Waals surface area contributed by atoms with Crippen molar-refractivity contribution in [3.05, 3.63) is 10.6 Å². The second-order valence-corrected chi connectivity index (χ2v) is 6.56. The summed E-state index contributed by atoms with van der Waals surface area (Å²) in [7, 11) is 0. The van der Waals surface area contributed by atoms with E-state index in [0.29, 0.717) is 5.92 Å². The lowest BCUT2D eigenvalue weighted by Gasteiger charge is -2.24. The highest BCUT2D eigenvalue weighted by molar-refractivity contribution is 7.15. The zero-order chi connectivity index (χ0) is 15.1. The molecule has 1 aromatic heterocycles. The zero-order valence-corrected chi connectivity index (χ0v) is 14.5. The largest absolute Gasteiger partial charge is 0.391 e. The lowest BCUT2D eigenvalue weighted by Crippen LogP contribution is -2.28. The van der Waals surface area contributed by atoms with Crippen molar-refractivity contribution in [3.8, 4) is 0 Å². The first-order valence-electron chi connectivity index (χ1n) is 7.96. The van der Waals surface area contributed by atoms with Crippen molar-refractivity contribution in [2.45, 2.75) is 66.4 Å². The molecular formula is C16H30N2OS. The van der Waals surface area contributed by atoms with Crippen molar-refractivity contribution >= 4 is 16.5 Å². The summed E-state index contributed by atoms with van der Waals surface area (Å²) in [4.78, 5) is 8.24. The van der Waals surface area contributed by atoms with Crippen molar-refractivity contribution in [1.29, 1.82) is 0 Å². The van der Waals surface area contributed by atoms with Crippen LogP contribution in [0.4, 0.5) is 5.13 Å². The van der Waals surface area contributed by atoms with Crippen LogP contribution in [-0.4, -0.2) is 23.2 Å². The molecule has 116 valence electrons. The second-order valence-electron chi connectivity index (χ2n) is 5.49. The summed E-state index contributed by atoms with van der Waals surface area (Å²) in [5.74, 6) is 1.15. The molecule has 1 atom stereocenters. The summed E-state index contributed by atoms with van der Waals surface area (Å²) >= 11 is 1.66. The fraction of sp³-hybridized carbons (Fsp3) is 0.812. The average molecular weight is 298 g/mol. The lowest BCUT2D eigenvalue weighted by molar-refractivity contribution is 0.283. The summed E-state index contributed by atoms with van der Waals surface area (Å²) in [5, 5.41) is 10.6. The Bertz CT molecular complexity index is 388. The summed E-state index contributed by atoms with van der Waals surface area (Å²) in [6.45, 7) is 13.2. The van der Waals surface area contributed by atoms with Gasteiger partial charge in [0.05, 0.1) is 17.2 Å². The maximum Gasteiger partial charge on any atom is 0.185 e. The molecule has 0 spiro atoms. The van der Waals surface area contributed by atoms with E-state index in [1.54, 1.807) is 11.3 Å². The highest BCUT2D eigenvalue weighted by Gasteiger charge is 2.19. The Morgan fingerprint density at radius 1 is 1.15 bits per heavy atom. The number of hydrogen-bond acceptors (Lipinski definition) is 4. The third kappa shape index (κ3) is 4.19. The van der Waals surface area contributed by atoms with Gasteiger partial charge in [0.15, 0.2) is 5.13 Å². The van der Waals surface area contributed by atoms with Crippen LogP contribution in [0, 0.1) is 5.92 Å². The maximum absolute atomic E-state index is 9.56. The van der Waals surface area contributed by atoms with Gasteiger partial charge in [-0.15, -0.1) is 0 Å². The predicted octanol–water partition coefficient (Wildman–Crippen LogP) is 4.41. The van der Waals surface area contributed by atoms with Gasteiger partial charge < -0.3 is 10.0 Å². The van der Waals surface area contributed by atoms with Crippen LogP contribution in [-0.2, 0) is 6.61 Å². The fourth-order valence-electron chi connectivity index (χ4n) is 2.38. The van der Waals surface area contributed by atoms with E-state index in [4.69, 9.17) is 4.98 Å². The molecule has 1 unspecified atom stereocenters. The first-order valence-corrected chi connectivity index (χ1v) is 8.78. The number of aliphatic hydroxyl groups is 1. The number of nitrogens with zero attached hydrogens (tertiary/aromatic N) is 2. The van der Waals surface area contributed by atoms with Gasteiger partial charge in [-0.25, -0.2) is 4.98 Å². The third-order valence-electron chi connectivity index (χ3n) is 4.22. The van der Waals surface area contributed by atoms with Crippen molar-refractivity contribution in [1.82, 2.24) is 4.98 Å². The molecule has 0 aliphatic carbocycles. The molecule has 0 aromatic carbocycles.